The normalized spacial score (nSPS) is 10.7. The number of ether oxygens (including phenoxy) is 1. The maximum Gasteiger partial charge on any atom is 0.349 e. The highest BCUT2D eigenvalue weighted by molar-refractivity contribution is 5.49. The van der Waals surface area contributed by atoms with E-state index in [2.05, 4.69) is 20.5 Å². The summed E-state index contributed by atoms with van der Waals surface area (Å²) in [7, 11) is 0. The van der Waals surface area contributed by atoms with Crippen molar-refractivity contribution in [2.24, 2.45) is 0 Å². The van der Waals surface area contributed by atoms with Gasteiger partial charge in [-0.15, -0.1) is 0 Å². The minimum absolute atomic E-state index is 0.283. The monoisotopic (exact) mass is 285 g/mol. The molecule has 0 amide bonds. The molecular weight excluding hydrogens is 270 g/mol. The number of aromatic nitrogens is 4. The van der Waals surface area contributed by atoms with Crippen LogP contribution in [0, 0.1) is 6.92 Å². The Morgan fingerprint density at radius 1 is 1.33 bits per heavy atom. The number of fused-ring (bicyclic) bond motifs is 1. The van der Waals surface area contributed by atoms with Crippen LogP contribution in [0.2, 0.25) is 0 Å². The average Bonchev–Trinajstić information content (AvgIpc) is 2.87. The minimum atomic E-state index is -0.283. The molecular formula is C14H15N5O2. The molecule has 0 aliphatic heterocycles. The molecule has 0 fully saturated rings. The van der Waals surface area contributed by atoms with Gasteiger partial charge in [0, 0.05) is 6.07 Å². The second-order valence-electron chi connectivity index (χ2n) is 4.50. The van der Waals surface area contributed by atoms with Crippen LogP contribution < -0.4 is 15.7 Å². The molecule has 0 unspecified atom stereocenters. The Kier molecular flexibility index (Phi) is 3.55. The summed E-state index contributed by atoms with van der Waals surface area (Å²) >= 11 is 0. The van der Waals surface area contributed by atoms with Crippen LogP contribution in [0.1, 0.15) is 5.82 Å². The zero-order chi connectivity index (χ0) is 14.7. The van der Waals surface area contributed by atoms with Crippen LogP contribution in [-0.4, -0.2) is 32.7 Å². The standard InChI is InChI=1S/C14H15N5O2/c1-10-16-12(9-13-17-18-14(20)19(10)13)15-7-8-21-11-5-3-2-4-6-11/h2-6,9,15H,7-8H2,1H3,(H,18,20). The number of H-pyrrole nitrogens is 1. The summed E-state index contributed by atoms with van der Waals surface area (Å²) in [6, 6.07) is 11.3. The van der Waals surface area contributed by atoms with E-state index in [0.29, 0.717) is 30.4 Å². The quantitative estimate of drug-likeness (QED) is 0.688. The first-order valence-corrected chi connectivity index (χ1v) is 6.60. The summed E-state index contributed by atoms with van der Waals surface area (Å²) in [5.41, 5.74) is 0.257. The fourth-order valence-corrected chi connectivity index (χ4v) is 2.05. The Morgan fingerprint density at radius 3 is 2.95 bits per heavy atom. The van der Waals surface area contributed by atoms with E-state index < -0.39 is 0 Å². The number of anilines is 1. The minimum Gasteiger partial charge on any atom is -0.492 e. The van der Waals surface area contributed by atoms with Crippen molar-refractivity contribution in [3.05, 3.63) is 52.7 Å². The van der Waals surface area contributed by atoms with Gasteiger partial charge in [-0.1, -0.05) is 18.2 Å². The van der Waals surface area contributed by atoms with E-state index in [4.69, 9.17) is 4.74 Å². The molecule has 0 aliphatic carbocycles. The molecule has 7 nitrogen and oxygen atoms in total. The number of aromatic amines is 1. The first-order valence-electron chi connectivity index (χ1n) is 6.60. The lowest BCUT2D eigenvalue weighted by Gasteiger charge is -2.08. The number of hydrogen-bond donors (Lipinski definition) is 2. The van der Waals surface area contributed by atoms with E-state index >= 15 is 0 Å². The number of nitrogens with one attached hydrogen (secondary N) is 2. The van der Waals surface area contributed by atoms with E-state index in [1.807, 2.05) is 30.3 Å². The molecule has 7 heteroatoms. The second kappa shape index (κ2) is 5.66. The molecule has 2 heterocycles. The van der Waals surface area contributed by atoms with Gasteiger partial charge in [0.25, 0.3) is 0 Å². The topological polar surface area (TPSA) is 84.3 Å². The van der Waals surface area contributed by atoms with Crippen molar-refractivity contribution in [2.75, 3.05) is 18.5 Å². The summed E-state index contributed by atoms with van der Waals surface area (Å²) in [6.45, 7) is 2.88. The number of hydrogen-bond acceptors (Lipinski definition) is 5. The predicted octanol–water partition coefficient (Wildman–Crippen LogP) is 1.22. The molecule has 3 aromatic rings. The van der Waals surface area contributed by atoms with Crippen LogP contribution in [-0.2, 0) is 0 Å². The molecule has 0 bridgehead atoms. The van der Waals surface area contributed by atoms with Crippen molar-refractivity contribution in [2.45, 2.75) is 6.92 Å². The van der Waals surface area contributed by atoms with Crippen molar-refractivity contribution in [1.29, 1.82) is 0 Å². The zero-order valence-electron chi connectivity index (χ0n) is 11.5. The van der Waals surface area contributed by atoms with Crippen molar-refractivity contribution in [3.8, 4) is 5.75 Å². The Bertz CT molecular complexity index is 794. The zero-order valence-corrected chi connectivity index (χ0v) is 11.5. The molecule has 0 aliphatic rings. The maximum absolute atomic E-state index is 11.5. The van der Waals surface area contributed by atoms with Crippen LogP contribution in [0.15, 0.2) is 41.2 Å². The molecule has 108 valence electrons. The summed E-state index contributed by atoms with van der Waals surface area (Å²) in [5, 5.41) is 9.48. The summed E-state index contributed by atoms with van der Waals surface area (Å²) in [6.07, 6.45) is 0. The van der Waals surface area contributed by atoms with Crippen LogP contribution in [0.5, 0.6) is 5.75 Å². The number of rotatable bonds is 5. The molecule has 0 atom stereocenters. The fraction of sp³-hybridized carbons (Fsp3) is 0.214. The summed E-state index contributed by atoms with van der Waals surface area (Å²) in [5.74, 6) is 2.08. The lowest BCUT2D eigenvalue weighted by atomic mass is 10.3. The summed E-state index contributed by atoms with van der Waals surface area (Å²) in [4.78, 5) is 15.8. The maximum atomic E-state index is 11.5. The Hall–Kier alpha value is -2.83. The van der Waals surface area contributed by atoms with Crippen LogP contribution in [0.4, 0.5) is 5.82 Å². The van der Waals surface area contributed by atoms with Crippen LogP contribution in [0.25, 0.3) is 5.65 Å². The SMILES string of the molecule is Cc1nc(NCCOc2ccccc2)cc2n[nH]c(=O)n12. The largest absolute Gasteiger partial charge is 0.492 e. The van der Waals surface area contributed by atoms with Crippen molar-refractivity contribution < 1.29 is 4.74 Å². The highest BCUT2D eigenvalue weighted by atomic mass is 16.5. The molecule has 21 heavy (non-hydrogen) atoms. The van der Waals surface area contributed by atoms with E-state index in [9.17, 15) is 4.79 Å². The van der Waals surface area contributed by atoms with Gasteiger partial charge >= 0.3 is 5.69 Å². The van der Waals surface area contributed by atoms with E-state index in [-0.39, 0.29) is 5.69 Å². The molecule has 0 saturated heterocycles. The van der Waals surface area contributed by atoms with Gasteiger partial charge in [0.15, 0.2) is 5.65 Å². The highest BCUT2D eigenvalue weighted by Gasteiger charge is 2.06. The highest BCUT2D eigenvalue weighted by Crippen LogP contribution is 2.09. The molecule has 2 N–H and O–H groups in total. The Morgan fingerprint density at radius 2 is 2.14 bits per heavy atom. The first kappa shape index (κ1) is 13.2. The third-order valence-corrected chi connectivity index (χ3v) is 2.99. The van der Waals surface area contributed by atoms with Gasteiger partial charge in [-0.05, 0) is 19.1 Å². The molecule has 3 rings (SSSR count). The Labute approximate surface area is 120 Å². The second-order valence-corrected chi connectivity index (χ2v) is 4.50. The third-order valence-electron chi connectivity index (χ3n) is 2.99. The van der Waals surface area contributed by atoms with Gasteiger partial charge in [-0.25, -0.2) is 19.3 Å². The lowest BCUT2D eigenvalue weighted by Crippen LogP contribution is -2.16. The van der Waals surface area contributed by atoms with Crippen LogP contribution in [0.3, 0.4) is 0 Å². The number of para-hydroxylation sites is 1. The van der Waals surface area contributed by atoms with E-state index in [1.54, 1.807) is 13.0 Å². The molecule has 1 aromatic carbocycles. The van der Waals surface area contributed by atoms with E-state index in [1.165, 1.54) is 4.40 Å². The van der Waals surface area contributed by atoms with Gasteiger partial charge in [-0.3, -0.25) is 0 Å². The van der Waals surface area contributed by atoms with Gasteiger partial charge in [0.2, 0.25) is 0 Å². The summed E-state index contributed by atoms with van der Waals surface area (Å²) < 4.78 is 7.00. The fourth-order valence-electron chi connectivity index (χ4n) is 2.05. The van der Waals surface area contributed by atoms with Gasteiger partial charge in [-0.2, -0.15) is 5.10 Å². The smallest absolute Gasteiger partial charge is 0.349 e. The lowest BCUT2D eigenvalue weighted by molar-refractivity contribution is 0.333. The van der Waals surface area contributed by atoms with Crippen molar-refractivity contribution >= 4 is 11.5 Å². The average molecular weight is 285 g/mol. The van der Waals surface area contributed by atoms with Crippen LogP contribution >= 0.6 is 0 Å². The molecule has 0 radical (unpaired) electrons. The van der Waals surface area contributed by atoms with E-state index in [0.717, 1.165) is 5.75 Å². The van der Waals surface area contributed by atoms with Crippen molar-refractivity contribution in [3.63, 3.8) is 0 Å². The van der Waals surface area contributed by atoms with Gasteiger partial charge in [0.05, 0.1) is 6.54 Å². The van der Waals surface area contributed by atoms with Crippen molar-refractivity contribution in [1.82, 2.24) is 19.6 Å². The third kappa shape index (κ3) is 2.86. The molecule has 2 aromatic heterocycles. The number of nitrogens with zero attached hydrogens (tertiary/aromatic N) is 3. The van der Waals surface area contributed by atoms with Gasteiger partial charge in [0.1, 0.15) is 24.0 Å². The molecule has 0 saturated carbocycles. The Balaban J connectivity index is 1.62. The predicted molar refractivity (Wildman–Crippen MR) is 78.8 cm³/mol. The first-order chi connectivity index (χ1) is 10.2. The van der Waals surface area contributed by atoms with Gasteiger partial charge < -0.3 is 10.1 Å². The number of aryl methyl sites for hydroxylation is 1. The molecule has 0 spiro atoms. The number of benzene rings is 1.